The zero-order valence-electron chi connectivity index (χ0n) is 13.4. The Morgan fingerprint density at radius 1 is 1.42 bits per heavy atom. The number of anilines is 1. The van der Waals surface area contributed by atoms with Gasteiger partial charge in [-0.25, -0.2) is 4.68 Å². The van der Waals surface area contributed by atoms with Crippen LogP contribution in [0.5, 0.6) is 0 Å². The quantitative estimate of drug-likeness (QED) is 0.856. The van der Waals surface area contributed by atoms with Gasteiger partial charge in [0.15, 0.2) is 5.82 Å². The van der Waals surface area contributed by atoms with E-state index in [1.165, 1.54) is 0 Å². The van der Waals surface area contributed by atoms with Crippen molar-refractivity contribution in [1.82, 2.24) is 20.2 Å². The van der Waals surface area contributed by atoms with Gasteiger partial charge in [-0.15, -0.1) is 17.5 Å². The maximum atomic E-state index is 12.5. The Kier molecular flexibility index (Phi) is 5.87. The molecule has 1 aromatic heterocycles. The minimum atomic E-state index is -0.876. The molecule has 130 valence electrons. The molecule has 0 bridgehead atoms. The average Bonchev–Trinajstić information content (AvgIpc) is 3.04. The largest absolute Gasteiger partial charge is 0.381 e. The molecule has 3 rings (SSSR count). The number of aromatic nitrogens is 4. The lowest BCUT2D eigenvalue weighted by Crippen LogP contribution is -2.54. The first-order valence-corrected chi connectivity index (χ1v) is 7.67. The minimum absolute atomic E-state index is 0. The second-order valence-electron chi connectivity index (χ2n) is 5.62. The van der Waals surface area contributed by atoms with E-state index in [1.54, 1.807) is 4.68 Å². The van der Waals surface area contributed by atoms with Gasteiger partial charge in [0.25, 0.3) is 0 Å². The van der Waals surface area contributed by atoms with Crippen LogP contribution in [0.15, 0.2) is 24.3 Å². The van der Waals surface area contributed by atoms with Crippen molar-refractivity contribution in [1.29, 1.82) is 0 Å². The molecule has 1 saturated heterocycles. The molecule has 1 aromatic carbocycles. The first-order chi connectivity index (χ1) is 11.1. The number of nitrogens with zero attached hydrogens (tertiary/aromatic N) is 4. The van der Waals surface area contributed by atoms with E-state index in [0.717, 1.165) is 5.56 Å². The predicted molar refractivity (Wildman–Crippen MR) is 91.8 cm³/mol. The van der Waals surface area contributed by atoms with Gasteiger partial charge < -0.3 is 15.8 Å². The molecule has 3 N–H and O–H groups in total. The van der Waals surface area contributed by atoms with Gasteiger partial charge in [0, 0.05) is 31.0 Å². The number of ether oxygens (including phenoxy) is 1. The van der Waals surface area contributed by atoms with Crippen LogP contribution in [0.1, 0.15) is 19.8 Å². The number of carbonyl (C=O) groups excluding carboxylic acids is 1. The van der Waals surface area contributed by atoms with E-state index in [2.05, 4.69) is 20.8 Å². The number of nitrogens with one attached hydrogen (secondary N) is 1. The highest BCUT2D eigenvalue weighted by atomic mass is 35.5. The fourth-order valence-corrected chi connectivity index (χ4v) is 2.58. The van der Waals surface area contributed by atoms with Crippen LogP contribution in [0.2, 0.25) is 0 Å². The number of benzene rings is 1. The third kappa shape index (κ3) is 3.72. The topological polar surface area (TPSA) is 108 Å². The van der Waals surface area contributed by atoms with Gasteiger partial charge in [-0.1, -0.05) is 12.1 Å². The van der Waals surface area contributed by atoms with Gasteiger partial charge in [0.05, 0.1) is 0 Å². The van der Waals surface area contributed by atoms with Crippen LogP contribution in [0.25, 0.3) is 11.4 Å². The van der Waals surface area contributed by atoms with Gasteiger partial charge in [-0.3, -0.25) is 4.79 Å². The monoisotopic (exact) mass is 352 g/mol. The van der Waals surface area contributed by atoms with Gasteiger partial charge in [0.1, 0.15) is 5.54 Å². The highest BCUT2D eigenvalue weighted by molar-refractivity contribution is 5.98. The molecule has 1 aliphatic heterocycles. The molecule has 0 unspecified atom stereocenters. The summed E-state index contributed by atoms with van der Waals surface area (Å²) in [4.78, 5) is 12.5. The summed E-state index contributed by atoms with van der Waals surface area (Å²) in [7, 11) is 0. The fraction of sp³-hybridized carbons (Fsp3) is 0.467. The first-order valence-electron chi connectivity index (χ1n) is 7.67. The van der Waals surface area contributed by atoms with E-state index in [1.807, 2.05) is 31.2 Å². The Bertz CT molecular complexity index is 699. The number of hydrogen-bond acceptors (Lipinski definition) is 6. The summed E-state index contributed by atoms with van der Waals surface area (Å²) >= 11 is 0. The smallest absolute Gasteiger partial charge is 0.244 e. The van der Waals surface area contributed by atoms with Crippen LogP contribution in [0.4, 0.5) is 5.69 Å². The fourth-order valence-electron chi connectivity index (χ4n) is 2.58. The Morgan fingerprint density at radius 2 is 2.17 bits per heavy atom. The molecule has 24 heavy (non-hydrogen) atoms. The van der Waals surface area contributed by atoms with Crippen LogP contribution in [0, 0.1) is 0 Å². The number of nitrogens with two attached hydrogens (primary N) is 1. The van der Waals surface area contributed by atoms with Crippen molar-refractivity contribution >= 4 is 24.0 Å². The molecule has 0 atom stereocenters. The number of amides is 1. The zero-order valence-corrected chi connectivity index (χ0v) is 14.3. The first kappa shape index (κ1) is 18.3. The van der Waals surface area contributed by atoms with Crippen molar-refractivity contribution in [3.8, 4) is 11.4 Å². The van der Waals surface area contributed by atoms with Crippen molar-refractivity contribution in [3.63, 3.8) is 0 Å². The molecule has 1 amide bonds. The van der Waals surface area contributed by atoms with E-state index in [9.17, 15) is 4.79 Å². The molecule has 1 fully saturated rings. The van der Waals surface area contributed by atoms with Crippen molar-refractivity contribution in [2.24, 2.45) is 5.73 Å². The second-order valence-corrected chi connectivity index (χ2v) is 5.62. The molecule has 1 aliphatic rings. The lowest BCUT2D eigenvalue weighted by Gasteiger charge is -2.31. The highest BCUT2D eigenvalue weighted by Crippen LogP contribution is 2.23. The van der Waals surface area contributed by atoms with E-state index in [-0.39, 0.29) is 18.3 Å². The molecular formula is C15H21ClN6O2. The Hall–Kier alpha value is -2.03. The molecular weight excluding hydrogens is 332 g/mol. The summed E-state index contributed by atoms with van der Waals surface area (Å²) in [5.74, 6) is 0.477. The molecule has 0 radical (unpaired) electrons. The summed E-state index contributed by atoms with van der Waals surface area (Å²) in [6.45, 7) is 3.66. The average molecular weight is 353 g/mol. The van der Waals surface area contributed by atoms with Gasteiger partial charge in [-0.2, -0.15) is 0 Å². The standard InChI is InChI=1S/C15H20N6O2.ClH/c1-2-21-13(18-19-20-21)11-4-3-5-12(10-11)17-14(22)15(16)6-8-23-9-7-15;/h3-5,10H,2,6-9,16H2,1H3,(H,17,22);1H. The second kappa shape index (κ2) is 7.69. The SMILES string of the molecule is CCn1nnnc1-c1cccc(NC(=O)C2(N)CCOCC2)c1.Cl. The van der Waals surface area contributed by atoms with Gasteiger partial charge >= 0.3 is 0 Å². The molecule has 2 heterocycles. The molecule has 0 spiro atoms. The molecule has 9 heteroatoms. The maximum absolute atomic E-state index is 12.5. The number of tetrazole rings is 1. The van der Waals surface area contributed by atoms with E-state index in [4.69, 9.17) is 10.5 Å². The van der Waals surface area contributed by atoms with Crippen LogP contribution in [0.3, 0.4) is 0 Å². The van der Waals surface area contributed by atoms with E-state index >= 15 is 0 Å². The number of rotatable bonds is 4. The number of hydrogen-bond donors (Lipinski definition) is 2. The van der Waals surface area contributed by atoms with Crippen molar-refractivity contribution in [3.05, 3.63) is 24.3 Å². The Morgan fingerprint density at radius 3 is 2.88 bits per heavy atom. The molecule has 0 aliphatic carbocycles. The third-order valence-electron chi connectivity index (χ3n) is 4.05. The van der Waals surface area contributed by atoms with Crippen molar-refractivity contribution in [2.45, 2.75) is 31.8 Å². The van der Waals surface area contributed by atoms with E-state index in [0.29, 0.717) is 44.1 Å². The predicted octanol–water partition coefficient (Wildman–Crippen LogP) is 1.23. The van der Waals surface area contributed by atoms with Crippen LogP contribution in [-0.2, 0) is 16.1 Å². The van der Waals surface area contributed by atoms with Crippen LogP contribution in [-0.4, -0.2) is 44.9 Å². The van der Waals surface area contributed by atoms with Crippen molar-refractivity contribution in [2.75, 3.05) is 18.5 Å². The summed E-state index contributed by atoms with van der Waals surface area (Å²) in [5.41, 5.74) is 6.84. The zero-order chi connectivity index (χ0) is 16.3. The highest BCUT2D eigenvalue weighted by Gasteiger charge is 2.35. The lowest BCUT2D eigenvalue weighted by atomic mass is 9.90. The summed E-state index contributed by atoms with van der Waals surface area (Å²) < 4.78 is 6.97. The summed E-state index contributed by atoms with van der Waals surface area (Å²) in [5, 5.41) is 14.5. The van der Waals surface area contributed by atoms with Gasteiger partial charge in [0.2, 0.25) is 5.91 Å². The summed E-state index contributed by atoms with van der Waals surface area (Å²) in [6, 6.07) is 7.43. The normalized spacial score (nSPS) is 16.2. The minimum Gasteiger partial charge on any atom is -0.381 e. The van der Waals surface area contributed by atoms with Gasteiger partial charge in [-0.05, 0) is 42.3 Å². The number of carbonyl (C=O) groups is 1. The molecule has 0 saturated carbocycles. The lowest BCUT2D eigenvalue weighted by molar-refractivity contribution is -0.124. The number of aryl methyl sites for hydroxylation is 1. The molecule has 8 nitrogen and oxygen atoms in total. The summed E-state index contributed by atoms with van der Waals surface area (Å²) in [6.07, 6.45) is 1.04. The van der Waals surface area contributed by atoms with Crippen LogP contribution >= 0.6 is 12.4 Å². The Labute approximate surface area is 146 Å². The third-order valence-corrected chi connectivity index (χ3v) is 4.05. The van der Waals surface area contributed by atoms with Crippen LogP contribution < -0.4 is 11.1 Å². The van der Waals surface area contributed by atoms with E-state index < -0.39 is 5.54 Å². The maximum Gasteiger partial charge on any atom is 0.244 e. The Balaban J connectivity index is 0.00000208. The van der Waals surface area contributed by atoms with Crippen molar-refractivity contribution < 1.29 is 9.53 Å². The molecule has 2 aromatic rings. The number of halogens is 1.